The zero-order chi connectivity index (χ0) is 12.3. The molecule has 0 fully saturated rings. The van der Waals surface area contributed by atoms with Gasteiger partial charge in [0.15, 0.2) is 0 Å². The van der Waals surface area contributed by atoms with Gasteiger partial charge in [0.25, 0.3) is 0 Å². The molecule has 0 amide bonds. The zero-order valence-corrected chi connectivity index (χ0v) is 11.8. The summed E-state index contributed by atoms with van der Waals surface area (Å²) in [6, 6.07) is 6.65. The van der Waals surface area contributed by atoms with Gasteiger partial charge in [0.2, 0.25) is 0 Å². The maximum Gasteiger partial charge on any atom is 0.0389 e. The molecule has 0 saturated carbocycles. The second kappa shape index (κ2) is 5.24. The lowest BCUT2D eigenvalue weighted by Gasteiger charge is -2.22. The standard InChI is InChI=1S/C14H23NS/c1-10-6-7-11(2)12(8-10)13(15)9-16-14(3,4)5/h6-8,13H,9,15H2,1-5H3. The van der Waals surface area contributed by atoms with E-state index < -0.39 is 0 Å². The largest absolute Gasteiger partial charge is 0.323 e. The van der Waals surface area contributed by atoms with E-state index in [1.54, 1.807) is 0 Å². The highest BCUT2D eigenvalue weighted by Crippen LogP contribution is 2.28. The van der Waals surface area contributed by atoms with E-state index in [1.165, 1.54) is 16.7 Å². The molecule has 2 N–H and O–H groups in total. The normalized spacial score (nSPS) is 13.9. The molecule has 1 atom stereocenters. The second-order valence-electron chi connectivity index (χ2n) is 5.39. The van der Waals surface area contributed by atoms with Crippen LogP contribution in [0.15, 0.2) is 18.2 Å². The Morgan fingerprint density at radius 3 is 2.44 bits per heavy atom. The van der Waals surface area contributed by atoms with Crippen molar-refractivity contribution in [3.8, 4) is 0 Å². The first-order chi connectivity index (χ1) is 7.29. The maximum absolute atomic E-state index is 6.25. The molecule has 2 heteroatoms. The Labute approximate surface area is 104 Å². The molecule has 0 spiro atoms. The van der Waals surface area contributed by atoms with Crippen molar-refractivity contribution in [2.75, 3.05) is 5.75 Å². The van der Waals surface area contributed by atoms with E-state index in [4.69, 9.17) is 5.73 Å². The highest BCUT2D eigenvalue weighted by atomic mass is 32.2. The van der Waals surface area contributed by atoms with Gasteiger partial charge in [-0.3, -0.25) is 0 Å². The van der Waals surface area contributed by atoms with Crippen LogP contribution >= 0.6 is 11.8 Å². The summed E-state index contributed by atoms with van der Waals surface area (Å²) in [4.78, 5) is 0. The van der Waals surface area contributed by atoms with E-state index in [0.717, 1.165) is 5.75 Å². The fourth-order valence-corrected chi connectivity index (χ4v) is 2.45. The third-order valence-corrected chi connectivity index (χ3v) is 3.92. The second-order valence-corrected chi connectivity index (χ2v) is 7.24. The molecule has 0 aromatic heterocycles. The van der Waals surface area contributed by atoms with Crippen LogP contribution in [0.2, 0.25) is 0 Å². The summed E-state index contributed by atoms with van der Waals surface area (Å²) in [7, 11) is 0. The number of hydrogen-bond acceptors (Lipinski definition) is 2. The van der Waals surface area contributed by atoms with Crippen LogP contribution in [0.1, 0.15) is 43.5 Å². The topological polar surface area (TPSA) is 26.0 Å². The maximum atomic E-state index is 6.25. The average molecular weight is 237 g/mol. The zero-order valence-electron chi connectivity index (χ0n) is 11.0. The van der Waals surface area contributed by atoms with E-state index in [2.05, 4.69) is 52.8 Å². The van der Waals surface area contributed by atoms with Gasteiger partial charge in [0, 0.05) is 16.5 Å². The van der Waals surface area contributed by atoms with Crippen molar-refractivity contribution < 1.29 is 0 Å². The van der Waals surface area contributed by atoms with Gasteiger partial charge in [-0.2, -0.15) is 11.8 Å². The number of nitrogens with two attached hydrogens (primary N) is 1. The summed E-state index contributed by atoms with van der Waals surface area (Å²) in [6.45, 7) is 10.9. The highest BCUT2D eigenvalue weighted by Gasteiger charge is 2.15. The van der Waals surface area contributed by atoms with Gasteiger partial charge in [0.05, 0.1) is 0 Å². The van der Waals surface area contributed by atoms with E-state index >= 15 is 0 Å². The molecule has 1 nitrogen and oxygen atoms in total. The molecule has 0 aliphatic carbocycles. The predicted molar refractivity (Wildman–Crippen MR) is 75.1 cm³/mol. The SMILES string of the molecule is Cc1ccc(C)c(C(N)CSC(C)(C)C)c1. The molecule has 1 unspecified atom stereocenters. The molecule has 90 valence electrons. The van der Waals surface area contributed by atoms with Crippen molar-refractivity contribution in [2.45, 2.75) is 45.4 Å². The monoisotopic (exact) mass is 237 g/mol. The number of benzene rings is 1. The fraction of sp³-hybridized carbons (Fsp3) is 0.571. The third kappa shape index (κ3) is 4.18. The Bertz CT molecular complexity index is 352. The van der Waals surface area contributed by atoms with Crippen LogP contribution in [0.3, 0.4) is 0 Å². The van der Waals surface area contributed by atoms with Crippen LogP contribution in [-0.2, 0) is 0 Å². The van der Waals surface area contributed by atoms with Gasteiger partial charge in [-0.15, -0.1) is 0 Å². The summed E-state index contributed by atoms with van der Waals surface area (Å²) in [6.07, 6.45) is 0. The Kier molecular flexibility index (Phi) is 4.45. The molecule has 0 radical (unpaired) electrons. The van der Waals surface area contributed by atoms with E-state index in [9.17, 15) is 0 Å². The Balaban J connectivity index is 2.73. The molecular weight excluding hydrogens is 214 g/mol. The predicted octanol–water partition coefficient (Wildman–Crippen LogP) is 3.83. The van der Waals surface area contributed by atoms with Crippen molar-refractivity contribution in [1.29, 1.82) is 0 Å². The summed E-state index contributed by atoms with van der Waals surface area (Å²) in [5.41, 5.74) is 10.1. The van der Waals surface area contributed by atoms with Crippen molar-refractivity contribution >= 4 is 11.8 Å². The lowest BCUT2D eigenvalue weighted by molar-refractivity contribution is 0.776. The van der Waals surface area contributed by atoms with Crippen LogP contribution in [0, 0.1) is 13.8 Å². The van der Waals surface area contributed by atoms with Gasteiger partial charge < -0.3 is 5.73 Å². The molecule has 0 saturated heterocycles. The summed E-state index contributed by atoms with van der Waals surface area (Å²) in [5, 5.41) is 0. The molecule has 1 aromatic rings. The van der Waals surface area contributed by atoms with Crippen LogP contribution in [0.25, 0.3) is 0 Å². The van der Waals surface area contributed by atoms with Crippen LogP contribution < -0.4 is 5.73 Å². The van der Waals surface area contributed by atoms with Gasteiger partial charge in [-0.1, -0.05) is 44.5 Å². The van der Waals surface area contributed by atoms with E-state index in [-0.39, 0.29) is 10.8 Å². The highest BCUT2D eigenvalue weighted by molar-refractivity contribution is 8.00. The van der Waals surface area contributed by atoms with E-state index in [0.29, 0.717) is 0 Å². The van der Waals surface area contributed by atoms with Crippen molar-refractivity contribution in [3.63, 3.8) is 0 Å². The lowest BCUT2D eigenvalue weighted by atomic mass is 10.0. The van der Waals surface area contributed by atoms with Gasteiger partial charge >= 0.3 is 0 Å². The van der Waals surface area contributed by atoms with Gasteiger partial charge in [0.1, 0.15) is 0 Å². The van der Waals surface area contributed by atoms with Gasteiger partial charge in [-0.25, -0.2) is 0 Å². The molecule has 1 rings (SSSR count). The summed E-state index contributed by atoms with van der Waals surface area (Å²) < 4.78 is 0.287. The first-order valence-electron chi connectivity index (χ1n) is 5.76. The number of thioether (sulfide) groups is 1. The molecule has 0 heterocycles. The minimum absolute atomic E-state index is 0.143. The van der Waals surface area contributed by atoms with Crippen LogP contribution in [-0.4, -0.2) is 10.5 Å². The Morgan fingerprint density at radius 1 is 1.25 bits per heavy atom. The van der Waals surface area contributed by atoms with E-state index in [1.807, 2.05) is 11.8 Å². The molecule has 0 bridgehead atoms. The first kappa shape index (κ1) is 13.6. The van der Waals surface area contributed by atoms with Crippen LogP contribution in [0.4, 0.5) is 0 Å². The smallest absolute Gasteiger partial charge is 0.0389 e. The summed E-state index contributed by atoms with van der Waals surface area (Å²) >= 11 is 1.93. The molecule has 16 heavy (non-hydrogen) atoms. The van der Waals surface area contributed by atoms with Gasteiger partial charge in [-0.05, 0) is 25.0 Å². The molecular formula is C14H23NS. The number of rotatable bonds is 3. The molecule has 1 aromatic carbocycles. The minimum atomic E-state index is 0.143. The molecule has 0 aliphatic rings. The number of aryl methyl sites for hydroxylation is 2. The first-order valence-corrected chi connectivity index (χ1v) is 6.75. The fourth-order valence-electron chi connectivity index (χ4n) is 1.59. The Morgan fingerprint density at radius 2 is 1.88 bits per heavy atom. The number of hydrogen-bond donors (Lipinski definition) is 1. The lowest BCUT2D eigenvalue weighted by Crippen LogP contribution is -2.19. The summed E-state index contributed by atoms with van der Waals surface area (Å²) in [5.74, 6) is 0.980. The minimum Gasteiger partial charge on any atom is -0.323 e. The third-order valence-electron chi connectivity index (χ3n) is 2.53. The van der Waals surface area contributed by atoms with Crippen molar-refractivity contribution in [3.05, 3.63) is 34.9 Å². The quantitative estimate of drug-likeness (QED) is 0.864. The van der Waals surface area contributed by atoms with Crippen molar-refractivity contribution in [1.82, 2.24) is 0 Å². The van der Waals surface area contributed by atoms with Crippen molar-refractivity contribution in [2.24, 2.45) is 5.73 Å². The average Bonchev–Trinajstić information content (AvgIpc) is 2.17. The van der Waals surface area contributed by atoms with Crippen LogP contribution in [0.5, 0.6) is 0 Å². The molecule has 0 aliphatic heterocycles. The Hall–Kier alpha value is -0.470.